The third-order valence-corrected chi connectivity index (χ3v) is 5.84. The summed E-state index contributed by atoms with van der Waals surface area (Å²) in [5.74, 6) is -0.763. The van der Waals surface area contributed by atoms with Crippen LogP contribution in [-0.4, -0.2) is 44.0 Å². The number of nitrogens with zero attached hydrogens (tertiary/aromatic N) is 6. The van der Waals surface area contributed by atoms with Gasteiger partial charge in [-0.05, 0) is 42.8 Å². The van der Waals surface area contributed by atoms with Crippen LogP contribution < -0.4 is 10.6 Å². The lowest BCUT2D eigenvalue weighted by Gasteiger charge is -2.22. The Balaban J connectivity index is 1.41. The van der Waals surface area contributed by atoms with Crippen LogP contribution in [0.2, 0.25) is 0 Å². The number of anilines is 3. The van der Waals surface area contributed by atoms with Crippen molar-refractivity contribution in [2.24, 2.45) is 21.2 Å². The van der Waals surface area contributed by atoms with Gasteiger partial charge >= 0.3 is 0 Å². The Bertz CT molecular complexity index is 1400. The van der Waals surface area contributed by atoms with Crippen LogP contribution in [0.1, 0.15) is 5.56 Å². The molecule has 2 N–H and O–H groups in total. The fourth-order valence-corrected chi connectivity index (χ4v) is 4.18. The van der Waals surface area contributed by atoms with Crippen LogP contribution in [0.15, 0.2) is 75.5 Å². The fraction of sp³-hybridized carbons (Fsp3) is 0.174. The number of aliphatic imine (C=N–C) groups is 1. The standard InChI is InChI=1S/C23H19IN8O2/c1-13-3-2-4-14(9-13)28-21-16-10-15(5-6-18(16)26-12-27-21)29-22(33)20-19-17(11-25-20)23(34)32(8-7-24)31-30-19/h2-6,9-12,17H,7-8H2,1H3,(H,29,33)(H,26,27,28). The number of carbonyl (C=O) groups is 2. The van der Waals surface area contributed by atoms with E-state index in [0.717, 1.165) is 26.6 Å². The van der Waals surface area contributed by atoms with E-state index < -0.39 is 11.8 Å². The molecule has 0 saturated heterocycles. The van der Waals surface area contributed by atoms with E-state index >= 15 is 0 Å². The summed E-state index contributed by atoms with van der Waals surface area (Å²) < 4.78 is 0.727. The van der Waals surface area contributed by atoms with Crippen molar-refractivity contribution in [2.75, 3.05) is 21.6 Å². The molecule has 11 heteroatoms. The molecule has 2 aliphatic rings. The van der Waals surface area contributed by atoms with Crippen LogP contribution in [0, 0.1) is 12.8 Å². The summed E-state index contributed by atoms with van der Waals surface area (Å²) in [6, 6.07) is 13.3. The molecule has 1 atom stereocenters. The Hall–Kier alpha value is -3.74. The maximum absolute atomic E-state index is 13.0. The van der Waals surface area contributed by atoms with E-state index in [1.807, 2.05) is 31.2 Å². The second-order valence-electron chi connectivity index (χ2n) is 7.73. The van der Waals surface area contributed by atoms with Gasteiger partial charge in [-0.15, -0.1) is 5.11 Å². The van der Waals surface area contributed by atoms with Crippen LogP contribution in [-0.2, 0) is 9.59 Å². The second-order valence-corrected chi connectivity index (χ2v) is 8.81. The first-order valence-corrected chi connectivity index (χ1v) is 12.0. The Morgan fingerprint density at radius 3 is 2.85 bits per heavy atom. The monoisotopic (exact) mass is 566 g/mol. The topological polar surface area (TPSA) is 124 Å². The van der Waals surface area contributed by atoms with Gasteiger partial charge in [0, 0.05) is 27.4 Å². The lowest BCUT2D eigenvalue weighted by Crippen LogP contribution is -2.36. The molecule has 2 amide bonds. The molecule has 0 saturated carbocycles. The highest BCUT2D eigenvalue weighted by atomic mass is 127. The van der Waals surface area contributed by atoms with Gasteiger partial charge in [0.15, 0.2) is 5.70 Å². The van der Waals surface area contributed by atoms with E-state index in [4.69, 9.17) is 0 Å². The van der Waals surface area contributed by atoms with Crippen molar-refractivity contribution in [2.45, 2.75) is 6.92 Å². The number of nitrogens with one attached hydrogen (secondary N) is 2. The molecule has 0 bridgehead atoms. The van der Waals surface area contributed by atoms with Gasteiger partial charge in [0.2, 0.25) is 0 Å². The van der Waals surface area contributed by atoms with Crippen molar-refractivity contribution in [3.05, 3.63) is 65.7 Å². The molecule has 2 aromatic carbocycles. The number of carbonyl (C=O) groups excluding carboxylic acids is 2. The second kappa shape index (κ2) is 9.25. The maximum Gasteiger partial charge on any atom is 0.276 e. The van der Waals surface area contributed by atoms with Gasteiger partial charge in [0.05, 0.1) is 12.1 Å². The largest absolute Gasteiger partial charge is 0.340 e. The van der Waals surface area contributed by atoms with E-state index in [2.05, 4.69) is 58.5 Å². The summed E-state index contributed by atoms with van der Waals surface area (Å²) in [5, 5.41) is 16.2. The number of aryl methyl sites for hydroxylation is 1. The molecule has 3 aromatic rings. The zero-order valence-electron chi connectivity index (χ0n) is 18.1. The number of amides is 2. The summed E-state index contributed by atoms with van der Waals surface area (Å²) in [7, 11) is 0. The number of hydrogen-bond acceptors (Lipinski definition) is 8. The average Bonchev–Trinajstić information content (AvgIpc) is 3.27. The molecular formula is C23H19IN8O2. The highest BCUT2D eigenvalue weighted by Crippen LogP contribution is 2.31. The third kappa shape index (κ3) is 4.25. The van der Waals surface area contributed by atoms with E-state index in [0.29, 0.717) is 18.1 Å². The molecule has 0 spiro atoms. The first kappa shape index (κ1) is 22.1. The zero-order valence-corrected chi connectivity index (χ0v) is 20.2. The van der Waals surface area contributed by atoms with Crippen molar-refractivity contribution >= 4 is 68.7 Å². The fourth-order valence-electron chi connectivity index (χ4n) is 3.72. The highest BCUT2D eigenvalue weighted by molar-refractivity contribution is 14.1. The van der Waals surface area contributed by atoms with Gasteiger partial charge in [-0.2, -0.15) is 0 Å². The first-order valence-electron chi connectivity index (χ1n) is 10.5. The lowest BCUT2D eigenvalue weighted by molar-refractivity contribution is -0.133. The molecule has 0 radical (unpaired) electrons. The summed E-state index contributed by atoms with van der Waals surface area (Å²) in [5.41, 5.74) is 3.63. The van der Waals surface area contributed by atoms with Gasteiger partial charge < -0.3 is 10.6 Å². The molecule has 1 aromatic heterocycles. The number of fused-ring (bicyclic) bond motifs is 2. The van der Waals surface area contributed by atoms with E-state index in [1.165, 1.54) is 17.6 Å². The molecule has 170 valence electrons. The average molecular weight is 566 g/mol. The minimum Gasteiger partial charge on any atom is -0.340 e. The molecule has 1 unspecified atom stereocenters. The van der Waals surface area contributed by atoms with Gasteiger partial charge in [-0.1, -0.05) is 39.9 Å². The summed E-state index contributed by atoms with van der Waals surface area (Å²) in [6.45, 7) is 2.48. The van der Waals surface area contributed by atoms with Gasteiger partial charge in [0.1, 0.15) is 23.8 Å². The Kier molecular flexibility index (Phi) is 6.01. The van der Waals surface area contributed by atoms with Crippen LogP contribution in [0.25, 0.3) is 10.9 Å². The van der Waals surface area contributed by atoms with Gasteiger partial charge in [-0.3, -0.25) is 14.6 Å². The first-order chi connectivity index (χ1) is 16.5. The number of halogens is 1. The number of hydrogen-bond donors (Lipinski definition) is 2. The smallest absolute Gasteiger partial charge is 0.276 e. The van der Waals surface area contributed by atoms with Crippen molar-refractivity contribution in [3.63, 3.8) is 0 Å². The quantitative estimate of drug-likeness (QED) is 0.342. The molecular weight excluding hydrogens is 547 g/mol. The molecule has 3 heterocycles. The molecule has 34 heavy (non-hydrogen) atoms. The van der Waals surface area contributed by atoms with Crippen LogP contribution in [0.4, 0.5) is 17.2 Å². The van der Waals surface area contributed by atoms with E-state index in [9.17, 15) is 9.59 Å². The van der Waals surface area contributed by atoms with Gasteiger partial charge in [0.25, 0.3) is 11.8 Å². The maximum atomic E-state index is 13.0. The number of rotatable bonds is 6. The summed E-state index contributed by atoms with van der Waals surface area (Å²) >= 11 is 2.16. The van der Waals surface area contributed by atoms with Crippen LogP contribution in [0.3, 0.4) is 0 Å². The molecule has 2 aliphatic heterocycles. The zero-order chi connectivity index (χ0) is 23.7. The minimum atomic E-state index is -0.684. The van der Waals surface area contributed by atoms with Gasteiger partial charge in [-0.25, -0.2) is 15.0 Å². The Morgan fingerprint density at radius 2 is 2.03 bits per heavy atom. The van der Waals surface area contributed by atoms with E-state index in [1.54, 1.807) is 18.2 Å². The number of benzene rings is 2. The van der Waals surface area contributed by atoms with Crippen LogP contribution in [0.5, 0.6) is 0 Å². The normalized spacial score (nSPS) is 16.8. The van der Waals surface area contributed by atoms with Crippen LogP contribution >= 0.6 is 22.6 Å². The highest BCUT2D eigenvalue weighted by Gasteiger charge is 2.37. The summed E-state index contributed by atoms with van der Waals surface area (Å²) in [6.07, 6.45) is 2.94. The summed E-state index contributed by atoms with van der Waals surface area (Å²) in [4.78, 5) is 38.4. The Labute approximate surface area is 208 Å². The minimum absolute atomic E-state index is 0.0822. The number of aromatic nitrogens is 2. The van der Waals surface area contributed by atoms with Crippen molar-refractivity contribution in [1.29, 1.82) is 0 Å². The van der Waals surface area contributed by atoms with E-state index in [-0.39, 0.29) is 17.3 Å². The predicted octanol–water partition coefficient (Wildman–Crippen LogP) is 4.18. The van der Waals surface area contributed by atoms with Crippen molar-refractivity contribution in [3.8, 4) is 0 Å². The van der Waals surface area contributed by atoms with Crippen molar-refractivity contribution in [1.82, 2.24) is 15.0 Å². The Morgan fingerprint density at radius 1 is 1.15 bits per heavy atom. The molecule has 0 fully saturated rings. The molecule has 5 rings (SSSR count). The molecule has 0 aliphatic carbocycles. The lowest BCUT2D eigenvalue weighted by atomic mass is 10.1. The SMILES string of the molecule is Cc1cccc(Nc2ncnc3ccc(NC(=O)C4=C5N=NN(CCI)C(=O)C5C=N4)cc23)c1. The molecule has 10 nitrogen and oxygen atoms in total. The number of alkyl halides is 1. The predicted molar refractivity (Wildman–Crippen MR) is 137 cm³/mol. The van der Waals surface area contributed by atoms with Crippen molar-refractivity contribution < 1.29 is 9.59 Å². The third-order valence-electron chi connectivity index (χ3n) is 5.36.